The van der Waals surface area contributed by atoms with E-state index >= 15 is 0 Å². The third kappa shape index (κ3) is 3.98. The summed E-state index contributed by atoms with van der Waals surface area (Å²) in [6.07, 6.45) is 0. The van der Waals surface area contributed by atoms with Crippen molar-refractivity contribution >= 4 is 21.6 Å². The van der Waals surface area contributed by atoms with Gasteiger partial charge in [0.05, 0.1) is 18.7 Å². The van der Waals surface area contributed by atoms with Crippen LogP contribution in [0.1, 0.15) is 5.89 Å². The zero-order valence-electron chi connectivity index (χ0n) is 13.1. The van der Waals surface area contributed by atoms with Crippen molar-refractivity contribution in [1.82, 2.24) is 14.9 Å². The number of aromatic nitrogens is 2. The van der Waals surface area contributed by atoms with Gasteiger partial charge in [-0.15, -0.1) is 10.2 Å². The molecule has 25 heavy (non-hydrogen) atoms. The highest BCUT2D eigenvalue weighted by Gasteiger charge is 2.18. The van der Waals surface area contributed by atoms with Crippen LogP contribution in [-0.2, 0) is 16.6 Å². The number of benzene rings is 2. The van der Waals surface area contributed by atoms with Crippen LogP contribution in [0.3, 0.4) is 0 Å². The van der Waals surface area contributed by atoms with E-state index in [2.05, 4.69) is 14.9 Å². The lowest BCUT2D eigenvalue weighted by molar-refractivity contribution is 0.415. The van der Waals surface area contributed by atoms with E-state index in [1.165, 1.54) is 12.1 Å². The first-order valence-electron chi connectivity index (χ1n) is 7.20. The fourth-order valence-corrected chi connectivity index (χ4v) is 3.56. The van der Waals surface area contributed by atoms with E-state index < -0.39 is 10.0 Å². The fourth-order valence-electron chi connectivity index (χ4n) is 2.07. The summed E-state index contributed by atoms with van der Waals surface area (Å²) in [6.45, 7) is -0.142. The van der Waals surface area contributed by atoms with Crippen LogP contribution in [0.2, 0.25) is 5.02 Å². The highest BCUT2D eigenvalue weighted by Crippen LogP contribution is 2.22. The van der Waals surface area contributed by atoms with Crippen LogP contribution >= 0.6 is 11.6 Å². The van der Waals surface area contributed by atoms with Gasteiger partial charge < -0.3 is 9.15 Å². The standard InChI is InChI=1S/C16H14ClN3O4S/c1-23-12-8-6-11(7-9-12)16-20-19-15(24-16)10-18-25(21,22)14-5-3-2-4-13(14)17/h2-9,18H,10H2,1H3. The summed E-state index contributed by atoms with van der Waals surface area (Å²) in [7, 11) is -2.21. The molecule has 3 aromatic rings. The molecule has 130 valence electrons. The average Bonchev–Trinajstić information content (AvgIpc) is 3.09. The second-order valence-corrected chi connectivity index (χ2v) is 7.13. The van der Waals surface area contributed by atoms with Crippen molar-refractivity contribution in [2.45, 2.75) is 11.4 Å². The summed E-state index contributed by atoms with van der Waals surface area (Å²) in [5.74, 6) is 1.13. The largest absolute Gasteiger partial charge is 0.497 e. The first kappa shape index (κ1) is 17.4. The number of ether oxygens (including phenoxy) is 1. The molecule has 0 atom stereocenters. The maximum absolute atomic E-state index is 12.3. The first-order valence-corrected chi connectivity index (χ1v) is 9.07. The Morgan fingerprint density at radius 1 is 1.12 bits per heavy atom. The molecule has 3 rings (SSSR count). The van der Waals surface area contributed by atoms with Gasteiger partial charge in [0.25, 0.3) is 0 Å². The fraction of sp³-hybridized carbons (Fsp3) is 0.125. The summed E-state index contributed by atoms with van der Waals surface area (Å²) < 4.78 is 37.5. The number of halogens is 1. The summed E-state index contributed by atoms with van der Waals surface area (Å²) in [5, 5.41) is 7.90. The second-order valence-electron chi connectivity index (χ2n) is 4.98. The lowest BCUT2D eigenvalue weighted by Gasteiger charge is -2.06. The molecule has 1 N–H and O–H groups in total. The smallest absolute Gasteiger partial charge is 0.247 e. The van der Waals surface area contributed by atoms with Crippen molar-refractivity contribution in [3.05, 3.63) is 59.4 Å². The third-order valence-corrected chi connectivity index (χ3v) is 5.24. The molecular formula is C16H14ClN3O4S. The summed E-state index contributed by atoms with van der Waals surface area (Å²) in [5.41, 5.74) is 0.702. The van der Waals surface area contributed by atoms with Gasteiger partial charge in [0, 0.05) is 5.56 Å². The quantitative estimate of drug-likeness (QED) is 0.707. The molecule has 0 bridgehead atoms. The van der Waals surface area contributed by atoms with Crippen LogP contribution in [0.4, 0.5) is 0 Å². The highest BCUT2D eigenvalue weighted by molar-refractivity contribution is 7.89. The highest BCUT2D eigenvalue weighted by atomic mass is 35.5. The number of rotatable bonds is 6. The van der Waals surface area contributed by atoms with Crippen molar-refractivity contribution in [3.8, 4) is 17.2 Å². The molecule has 1 heterocycles. The minimum Gasteiger partial charge on any atom is -0.497 e. The molecule has 0 fully saturated rings. The van der Waals surface area contributed by atoms with E-state index in [9.17, 15) is 8.42 Å². The Balaban J connectivity index is 1.72. The Morgan fingerprint density at radius 2 is 1.84 bits per heavy atom. The molecule has 0 saturated carbocycles. The number of nitrogens with one attached hydrogen (secondary N) is 1. The Morgan fingerprint density at radius 3 is 2.52 bits per heavy atom. The zero-order valence-corrected chi connectivity index (χ0v) is 14.7. The summed E-state index contributed by atoms with van der Waals surface area (Å²) in [6, 6.07) is 13.2. The molecule has 9 heteroatoms. The maximum atomic E-state index is 12.3. The normalized spacial score (nSPS) is 11.4. The number of methoxy groups -OCH3 is 1. The molecule has 0 aliphatic rings. The van der Waals surface area contributed by atoms with Crippen LogP contribution < -0.4 is 9.46 Å². The molecule has 2 aromatic carbocycles. The monoisotopic (exact) mass is 379 g/mol. The van der Waals surface area contributed by atoms with E-state index in [1.54, 1.807) is 43.5 Å². The molecule has 0 spiro atoms. The van der Waals surface area contributed by atoms with Gasteiger partial charge in [0.2, 0.25) is 21.8 Å². The number of hydrogen-bond acceptors (Lipinski definition) is 6. The molecule has 1 aromatic heterocycles. The maximum Gasteiger partial charge on any atom is 0.247 e. The van der Waals surface area contributed by atoms with Crippen molar-refractivity contribution in [3.63, 3.8) is 0 Å². The summed E-state index contributed by atoms with van der Waals surface area (Å²) >= 11 is 5.92. The van der Waals surface area contributed by atoms with Crippen molar-refractivity contribution < 1.29 is 17.6 Å². The van der Waals surface area contributed by atoms with Crippen molar-refractivity contribution in [2.24, 2.45) is 0 Å². The van der Waals surface area contributed by atoms with Gasteiger partial charge in [-0.2, -0.15) is 0 Å². The Hall–Kier alpha value is -2.42. The minimum absolute atomic E-state index is 0.00781. The van der Waals surface area contributed by atoms with Crippen LogP contribution in [-0.4, -0.2) is 25.7 Å². The van der Waals surface area contributed by atoms with Crippen molar-refractivity contribution in [2.75, 3.05) is 7.11 Å². The average molecular weight is 380 g/mol. The van der Waals surface area contributed by atoms with Crippen LogP contribution in [0.25, 0.3) is 11.5 Å². The van der Waals surface area contributed by atoms with E-state index in [-0.39, 0.29) is 28.2 Å². The molecule has 7 nitrogen and oxygen atoms in total. The molecule has 0 radical (unpaired) electrons. The molecule has 0 amide bonds. The molecule has 0 unspecified atom stereocenters. The number of nitrogens with zero attached hydrogens (tertiary/aromatic N) is 2. The lowest BCUT2D eigenvalue weighted by atomic mass is 10.2. The SMILES string of the molecule is COc1ccc(-c2nnc(CNS(=O)(=O)c3ccccc3Cl)o2)cc1. The Labute approximate surface area is 149 Å². The van der Waals surface area contributed by atoms with Crippen LogP contribution in [0.15, 0.2) is 57.8 Å². The molecular weight excluding hydrogens is 366 g/mol. The lowest BCUT2D eigenvalue weighted by Crippen LogP contribution is -2.23. The van der Waals surface area contributed by atoms with E-state index in [0.29, 0.717) is 11.3 Å². The molecule has 0 aliphatic carbocycles. The number of hydrogen-bond donors (Lipinski definition) is 1. The molecule has 0 saturated heterocycles. The topological polar surface area (TPSA) is 94.3 Å². The van der Waals surface area contributed by atoms with E-state index in [4.69, 9.17) is 20.8 Å². The second kappa shape index (κ2) is 7.22. The van der Waals surface area contributed by atoms with Gasteiger partial charge >= 0.3 is 0 Å². The third-order valence-electron chi connectivity index (χ3n) is 3.34. The van der Waals surface area contributed by atoms with Gasteiger partial charge in [-0.1, -0.05) is 23.7 Å². The molecule has 0 aliphatic heterocycles. The minimum atomic E-state index is -3.78. The van der Waals surface area contributed by atoms with Gasteiger partial charge in [0.15, 0.2) is 0 Å². The zero-order chi connectivity index (χ0) is 17.9. The van der Waals surface area contributed by atoms with Crippen LogP contribution in [0.5, 0.6) is 5.75 Å². The first-order chi connectivity index (χ1) is 12.0. The van der Waals surface area contributed by atoms with Crippen LogP contribution in [0, 0.1) is 0 Å². The van der Waals surface area contributed by atoms with E-state index in [0.717, 1.165) is 0 Å². The predicted molar refractivity (Wildman–Crippen MR) is 91.8 cm³/mol. The van der Waals surface area contributed by atoms with Crippen molar-refractivity contribution in [1.29, 1.82) is 0 Å². The predicted octanol–water partition coefficient (Wildman–Crippen LogP) is 2.88. The van der Waals surface area contributed by atoms with Gasteiger partial charge in [-0.3, -0.25) is 0 Å². The van der Waals surface area contributed by atoms with Gasteiger partial charge in [0.1, 0.15) is 10.6 Å². The Bertz CT molecular complexity index is 971. The van der Waals surface area contributed by atoms with E-state index in [1.807, 2.05) is 0 Å². The van der Waals surface area contributed by atoms with Gasteiger partial charge in [-0.05, 0) is 36.4 Å². The Kier molecular flexibility index (Phi) is 5.03. The number of sulfonamides is 1. The summed E-state index contributed by atoms with van der Waals surface area (Å²) in [4.78, 5) is -0.00781. The van der Waals surface area contributed by atoms with Gasteiger partial charge in [-0.25, -0.2) is 13.1 Å².